The number of halogens is 1. The summed E-state index contributed by atoms with van der Waals surface area (Å²) in [6, 6.07) is 0. The van der Waals surface area contributed by atoms with Crippen LogP contribution < -0.4 is 4.90 Å². The number of aldehydes is 1. The minimum Gasteiger partial charge on any atom is -0.372 e. The zero-order chi connectivity index (χ0) is 12.5. The van der Waals surface area contributed by atoms with Crippen molar-refractivity contribution in [2.45, 2.75) is 19.4 Å². The lowest BCUT2D eigenvalue weighted by Gasteiger charge is -2.39. The molecule has 0 atom stereocenters. The number of anilines is 1. The number of hydrogen-bond acceptors (Lipinski definition) is 5. The van der Waals surface area contributed by atoms with Crippen LogP contribution in [0.15, 0.2) is 6.33 Å². The molecule has 1 fully saturated rings. The molecule has 0 unspecified atom stereocenters. The van der Waals surface area contributed by atoms with Gasteiger partial charge < -0.3 is 9.64 Å². The van der Waals surface area contributed by atoms with Crippen molar-refractivity contribution in [3.63, 3.8) is 0 Å². The van der Waals surface area contributed by atoms with E-state index in [1.165, 1.54) is 6.33 Å². The average Bonchev–Trinajstić information content (AvgIpc) is 2.27. The fraction of sp³-hybridized carbons (Fsp3) is 0.545. The van der Waals surface area contributed by atoms with Gasteiger partial charge in [0, 0.05) is 13.1 Å². The summed E-state index contributed by atoms with van der Waals surface area (Å²) in [5, 5.41) is 0.189. The Morgan fingerprint density at radius 3 is 2.94 bits per heavy atom. The van der Waals surface area contributed by atoms with Crippen LogP contribution in [-0.4, -0.2) is 41.6 Å². The predicted octanol–water partition coefficient (Wildman–Crippen LogP) is 1.56. The Morgan fingerprint density at radius 1 is 1.53 bits per heavy atom. The molecule has 0 bridgehead atoms. The molecule has 6 heteroatoms. The molecule has 2 heterocycles. The summed E-state index contributed by atoms with van der Waals surface area (Å²) in [4.78, 5) is 21.0. The van der Waals surface area contributed by atoms with Crippen LogP contribution in [0.25, 0.3) is 0 Å². The Hall–Kier alpha value is -1.20. The SMILES string of the molecule is CC1(C)CN(c2ncnc(Cl)c2C=O)CCO1. The summed E-state index contributed by atoms with van der Waals surface area (Å²) in [6.07, 6.45) is 2.06. The summed E-state index contributed by atoms with van der Waals surface area (Å²) in [6.45, 7) is 5.97. The standard InChI is InChI=1S/C11H14ClN3O2/c1-11(2)6-15(3-4-17-11)10-8(5-16)9(12)13-7-14-10/h5,7H,3-4,6H2,1-2H3. The van der Waals surface area contributed by atoms with E-state index in [4.69, 9.17) is 16.3 Å². The number of carbonyl (C=O) groups excluding carboxylic acids is 1. The van der Waals surface area contributed by atoms with E-state index in [0.717, 1.165) is 0 Å². The van der Waals surface area contributed by atoms with E-state index in [1.807, 2.05) is 18.7 Å². The Morgan fingerprint density at radius 2 is 2.29 bits per heavy atom. The number of rotatable bonds is 2. The third-order valence-corrected chi connectivity index (χ3v) is 2.96. The number of aromatic nitrogens is 2. The van der Waals surface area contributed by atoms with Crippen LogP contribution in [0.3, 0.4) is 0 Å². The molecular weight excluding hydrogens is 242 g/mol. The van der Waals surface area contributed by atoms with Gasteiger partial charge in [0.05, 0.1) is 17.8 Å². The van der Waals surface area contributed by atoms with E-state index in [1.54, 1.807) is 0 Å². The van der Waals surface area contributed by atoms with Crippen molar-refractivity contribution in [3.8, 4) is 0 Å². The molecule has 1 aliphatic heterocycles. The second-order valence-electron chi connectivity index (χ2n) is 4.55. The molecule has 1 aliphatic rings. The van der Waals surface area contributed by atoms with Gasteiger partial charge in [-0.1, -0.05) is 11.6 Å². The fourth-order valence-electron chi connectivity index (χ4n) is 1.92. The Bertz CT molecular complexity index is 437. The maximum Gasteiger partial charge on any atom is 0.156 e. The summed E-state index contributed by atoms with van der Waals surface area (Å²) >= 11 is 5.88. The minimum atomic E-state index is -0.254. The molecule has 5 nitrogen and oxygen atoms in total. The monoisotopic (exact) mass is 255 g/mol. The molecule has 0 aliphatic carbocycles. The summed E-state index contributed by atoms with van der Waals surface area (Å²) in [5.41, 5.74) is 0.0856. The first kappa shape index (κ1) is 12.3. The third-order valence-electron chi connectivity index (χ3n) is 2.66. The first-order chi connectivity index (χ1) is 8.03. The van der Waals surface area contributed by atoms with Gasteiger partial charge >= 0.3 is 0 Å². The van der Waals surface area contributed by atoms with Crippen molar-refractivity contribution in [2.75, 3.05) is 24.6 Å². The van der Waals surface area contributed by atoms with E-state index in [0.29, 0.717) is 37.4 Å². The van der Waals surface area contributed by atoms with Crippen LogP contribution in [0.4, 0.5) is 5.82 Å². The lowest BCUT2D eigenvalue weighted by Crippen LogP contribution is -2.49. The zero-order valence-corrected chi connectivity index (χ0v) is 10.6. The van der Waals surface area contributed by atoms with Gasteiger partial charge in [0.25, 0.3) is 0 Å². The molecule has 1 aromatic rings. The number of morpholine rings is 1. The smallest absolute Gasteiger partial charge is 0.156 e. The molecule has 0 radical (unpaired) electrons. The molecule has 2 rings (SSSR count). The summed E-state index contributed by atoms with van der Waals surface area (Å²) in [5.74, 6) is 0.580. The van der Waals surface area contributed by atoms with Gasteiger partial charge in [-0.15, -0.1) is 0 Å². The highest BCUT2D eigenvalue weighted by Crippen LogP contribution is 2.26. The molecule has 0 saturated carbocycles. The van der Waals surface area contributed by atoms with Crippen LogP contribution in [0.2, 0.25) is 5.15 Å². The second kappa shape index (κ2) is 4.58. The second-order valence-corrected chi connectivity index (χ2v) is 4.91. The van der Waals surface area contributed by atoms with Crippen molar-refractivity contribution in [1.82, 2.24) is 9.97 Å². The quantitative estimate of drug-likeness (QED) is 0.593. The highest BCUT2D eigenvalue weighted by atomic mass is 35.5. The molecule has 92 valence electrons. The number of carbonyl (C=O) groups is 1. The lowest BCUT2D eigenvalue weighted by atomic mass is 10.1. The number of hydrogen-bond donors (Lipinski definition) is 0. The summed E-state index contributed by atoms with van der Waals surface area (Å²) < 4.78 is 5.61. The van der Waals surface area contributed by atoms with Gasteiger partial charge in [0.2, 0.25) is 0 Å². The largest absolute Gasteiger partial charge is 0.372 e. The van der Waals surface area contributed by atoms with Gasteiger partial charge in [-0.3, -0.25) is 4.79 Å². The van der Waals surface area contributed by atoms with E-state index in [2.05, 4.69) is 9.97 Å². The van der Waals surface area contributed by atoms with E-state index >= 15 is 0 Å². The number of nitrogens with zero attached hydrogens (tertiary/aromatic N) is 3. The van der Waals surface area contributed by atoms with Gasteiger partial charge in [0.1, 0.15) is 17.3 Å². The first-order valence-electron chi connectivity index (χ1n) is 5.38. The van der Waals surface area contributed by atoms with Crippen molar-refractivity contribution >= 4 is 23.7 Å². The molecule has 0 amide bonds. The molecular formula is C11H14ClN3O2. The molecule has 0 N–H and O–H groups in total. The van der Waals surface area contributed by atoms with Crippen LogP contribution >= 0.6 is 11.6 Å². The van der Waals surface area contributed by atoms with Crippen LogP contribution in [-0.2, 0) is 4.74 Å². The zero-order valence-electron chi connectivity index (χ0n) is 9.81. The van der Waals surface area contributed by atoms with Crippen molar-refractivity contribution in [1.29, 1.82) is 0 Å². The molecule has 0 spiro atoms. The number of ether oxygens (including phenoxy) is 1. The molecule has 1 saturated heterocycles. The minimum absolute atomic E-state index is 0.189. The molecule has 1 aromatic heterocycles. The van der Waals surface area contributed by atoms with Crippen molar-refractivity contribution in [2.24, 2.45) is 0 Å². The Kier molecular flexibility index (Phi) is 3.31. The highest BCUT2D eigenvalue weighted by molar-refractivity contribution is 6.32. The Balaban J connectivity index is 2.34. The van der Waals surface area contributed by atoms with E-state index in [9.17, 15) is 4.79 Å². The van der Waals surface area contributed by atoms with Gasteiger partial charge in [0.15, 0.2) is 6.29 Å². The van der Waals surface area contributed by atoms with Gasteiger partial charge in [-0.2, -0.15) is 0 Å². The maximum atomic E-state index is 11.0. The predicted molar refractivity (Wildman–Crippen MR) is 64.7 cm³/mol. The highest BCUT2D eigenvalue weighted by Gasteiger charge is 2.29. The van der Waals surface area contributed by atoms with Crippen LogP contribution in [0.5, 0.6) is 0 Å². The van der Waals surface area contributed by atoms with Crippen molar-refractivity contribution < 1.29 is 9.53 Å². The molecule has 17 heavy (non-hydrogen) atoms. The maximum absolute atomic E-state index is 11.0. The van der Waals surface area contributed by atoms with E-state index in [-0.39, 0.29) is 10.8 Å². The Labute approximate surface area is 105 Å². The average molecular weight is 256 g/mol. The lowest BCUT2D eigenvalue weighted by molar-refractivity contribution is -0.0279. The third kappa shape index (κ3) is 2.56. The first-order valence-corrected chi connectivity index (χ1v) is 5.76. The molecule has 0 aromatic carbocycles. The fourth-order valence-corrected chi connectivity index (χ4v) is 2.09. The normalized spacial score (nSPS) is 19.1. The topological polar surface area (TPSA) is 55.3 Å². The van der Waals surface area contributed by atoms with E-state index < -0.39 is 0 Å². The van der Waals surface area contributed by atoms with Gasteiger partial charge in [-0.05, 0) is 13.8 Å². The van der Waals surface area contributed by atoms with Crippen molar-refractivity contribution in [3.05, 3.63) is 17.0 Å². The van der Waals surface area contributed by atoms with Gasteiger partial charge in [-0.25, -0.2) is 9.97 Å². The van der Waals surface area contributed by atoms with Crippen LogP contribution in [0, 0.1) is 0 Å². The summed E-state index contributed by atoms with van der Waals surface area (Å²) in [7, 11) is 0. The van der Waals surface area contributed by atoms with Crippen LogP contribution in [0.1, 0.15) is 24.2 Å².